The summed E-state index contributed by atoms with van der Waals surface area (Å²) < 4.78 is 45.9. The van der Waals surface area contributed by atoms with Crippen LogP contribution < -0.4 is 15.3 Å². The van der Waals surface area contributed by atoms with Crippen molar-refractivity contribution in [2.75, 3.05) is 0 Å². The van der Waals surface area contributed by atoms with E-state index in [4.69, 9.17) is 9.94 Å². The minimum absolute atomic E-state index is 0.0242. The summed E-state index contributed by atoms with van der Waals surface area (Å²) in [6.07, 6.45) is 2.09. The van der Waals surface area contributed by atoms with E-state index in [1.54, 1.807) is 13.8 Å². The fourth-order valence-corrected chi connectivity index (χ4v) is 3.49. The number of unbranched alkanes of at least 4 members (excludes halogenated alkanes) is 1. The summed E-state index contributed by atoms with van der Waals surface area (Å²) in [6, 6.07) is 5.56. The van der Waals surface area contributed by atoms with Crippen molar-refractivity contribution in [1.82, 2.24) is 5.25 Å². The quantitative estimate of drug-likeness (QED) is 0.483. The van der Waals surface area contributed by atoms with Crippen LogP contribution in [0.3, 0.4) is 0 Å². The van der Waals surface area contributed by atoms with Gasteiger partial charge in [0.2, 0.25) is 5.82 Å². The van der Waals surface area contributed by atoms with Gasteiger partial charge in [-0.05, 0) is 61.6 Å². The van der Waals surface area contributed by atoms with Gasteiger partial charge in [-0.15, -0.1) is 5.25 Å². The van der Waals surface area contributed by atoms with Gasteiger partial charge in [-0.3, -0.25) is 4.57 Å². The van der Waals surface area contributed by atoms with E-state index in [1.165, 1.54) is 29.5 Å². The standard InChI is InChI=1S/C18H22F2NO4P/c1-4-5-6-13-7-8-15(17(20)16(13)19)25-18-11(2)9-14(10-12(18)3)26(23,24)21-22/h7-10,22H,4-6H2,1-3H3,(H2,21,23,24). The highest BCUT2D eigenvalue weighted by molar-refractivity contribution is 7.63. The molecule has 0 aliphatic rings. The maximum Gasteiger partial charge on any atom is 0.319 e. The summed E-state index contributed by atoms with van der Waals surface area (Å²) in [6.45, 7) is 5.18. The van der Waals surface area contributed by atoms with Crippen LogP contribution in [0.1, 0.15) is 36.5 Å². The first kappa shape index (κ1) is 20.5. The van der Waals surface area contributed by atoms with Crippen molar-refractivity contribution in [3.63, 3.8) is 0 Å². The molecular formula is C18H22F2NO4P. The van der Waals surface area contributed by atoms with Crippen LogP contribution in [0.2, 0.25) is 0 Å². The van der Waals surface area contributed by atoms with Crippen molar-refractivity contribution < 1.29 is 28.2 Å². The fourth-order valence-electron chi connectivity index (χ4n) is 2.64. The number of benzene rings is 2. The zero-order valence-electron chi connectivity index (χ0n) is 14.8. The van der Waals surface area contributed by atoms with Gasteiger partial charge in [0.05, 0.1) is 5.30 Å². The molecule has 0 radical (unpaired) electrons. The number of rotatable bonds is 7. The highest BCUT2D eigenvalue weighted by Gasteiger charge is 2.23. The molecule has 0 aliphatic carbocycles. The second-order valence-corrected chi connectivity index (χ2v) is 8.01. The zero-order chi connectivity index (χ0) is 19.5. The van der Waals surface area contributed by atoms with Gasteiger partial charge in [0, 0.05) is 0 Å². The van der Waals surface area contributed by atoms with Crippen LogP contribution in [0.4, 0.5) is 8.78 Å². The molecule has 2 rings (SSSR count). The summed E-state index contributed by atoms with van der Waals surface area (Å²) in [4.78, 5) is 9.65. The van der Waals surface area contributed by atoms with Crippen LogP contribution in [-0.4, -0.2) is 10.1 Å². The lowest BCUT2D eigenvalue weighted by Crippen LogP contribution is -2.16. The number of ether oxygens (including phenoxy) is 1. The molecule has 2 aromatic carbocycles. The SMILES string of the molecule is CCCCc1ccc(Oc2c(C)cc(P(=O)(O)NO)cc2C)c(F)c1F. The number of aryl methyl sites for hydroxylation is 3. The van der Waals surface area contributed by atoms with Gasteiger partial charge in [-0.2, -0.15) is 4.39 Å². The van der Waals surface area contributed by atoms with Crippen LogP contribution >= 0.6 is 7.52 Å². The van der Waals surface area contributed by atoms with Gasteiger partial charge in [-0.25, -0.2) is 4.39 Å². The molecule has 1 unspecified atom stereocenters. The second kappa shape index (κ2) is 8.27. The maximum atomic E-state index is 14.3. The van der Waals surface area contributed by atoms with Crippen molar-refractivity contribution in [2.24, 2.45) is 0 Å². The van der Waals surface area contributed by atoms with E-state index in [2.05, 4.69) is 0 Å². The molecule has 0 spiro atoms. The Balaban J connectivity index is 2.37. The van der Waals surface area contributed by atoms with Crippen LogP contribution in [0, 0.1) is 25.5 Å². The summed E-state index contributed by atoms with van der Waals surface area (Å²) in [5, 5.41) is 10.2. The Bertz CT molecular complexity index is 834. The molecule has 0 fully saturated rings. The molecule has 0 aliphatic heterocycles. The molecule has 0 heterocycles. The Labute approximate surface area is 151 Å². The number of hydrogen-bond donors (Lipinski definition) is 3. The second-order valence-electron chi connectivity index (χ2n) is 6.14. The van der Waals surface area contributed by atoms with Crippen molar-refractivity contribution in [3.05, 3.63) is 52.6 Å². The van der Waals surface area contributed by atoms with E-state index in [0.717, 1.165) is 12.8 Å². The lowest BCUT2D eigenvalue weighted by atomic mass is 10.1. The molecular weight excluding hydrogens is 363 g/mol. The predicted octanol–water partition coefficient (Wildman–Crippen LogP) is 4.51. The average molecular weight is 385 g/mol. The van der Waals surface area contributed by atoms with Gasteiger partial charge in [0.1, 0.15) is 5.75 Å². The molecule has 142 valence electrons. The lowest BCUT2D eigenvalue weighted by molar-refractivity contribution is 0.226. The minimum atomic E-state index is -4.10. The Morgan fingerprint density at radius 1 is 1.15 bits per heavy atom. The van der Waals surface area contributed by atoms with Crippen molar-refractivity contribution >= 4 is 12.8 Å². The van der Waals surface area contributed by atoms with E-state index in [1.807, 2.05) is 6.92 Å². The maximum absolute atomic E-state index is 14.3. The zero-order valence-corrected chi connectivity index (χ0v) is 15.7. The van der Waals surface area contributed by atoms with Crippen molar-refractivity contribution in [1.29, 1.82) is 0 Å². The minimum Gasteiger partial charge on any atom is -0.454 e. The topological polar surface area (TPSA) is 78.8 Å². The van der Waals surface area contributed by atoms with E-state index in [-0.39, 0.29) is 16.8 Å². The van der Waals surface area contributed by atoms with Gasteiger partial charge >= 0.3 is 7.52 Å². The summed E-state index contributed by atoms with van der Waals surface area (Å²) in [7, 11) is -4.10. The van der Waals surface area contributed by atoms with Crippen molar-refractivity contribution in [2.45, 2.75) is 40.0 Å². The van der Waals surface area contributed by atoms with Gasteiger partial charge in [0.15, 0.2) is 11.6 Å². The third kappa shape index (κ3) is 4.30. The molecule has 0 saturated heterocycles. The van der Waals surface area contributed by atoms with Crippen LogP contribution in [0.5, 0.6) is 11.5 Å². The molecule has 8 heteroatoms. The van der Waals surface area contributed by atoms with Crippen LogP contribution in [0.15, 0.2) is 24.3 Å². The molecule has 2 aromatic rings. The molecule has 1 atom stereocenters. The van der Waals surface area contributed by atoms with Crippen molar-refractivity contribution in [3.8, 4) is 11.5 Å². The third-order valence-electron chi connectivity index (χ3n) is 4.07. The van der Waals surface area contributed by atoms with Gasteiger partial charge in [0.25, 0.3) is 0 Å². The number of nitrogens with one attached hydrogen (secondary N) is 1. The Hall–Kier alpha value is -1.79. The summed E-state index contributed by atoms with van der Waals surface area (Å²) >= 11 is 0. The molecule has 5 nitrogen and oxygen atoms in total. The first-order valence-corrected chi connectivity index (χ1v) is 9.88. The summed E-state index contributed by atoms with van der Waals surface area (Å²) in [5.74, 6) is -1.99. The molecule has 3 N–H and O–H groups in total. The number of halogens is 2. The molecule has 26 heavy (non-hydrogen) atoms. The first-order valence-electron chi connectivity index (χ1n) is 8.22. The van der Waals surface area contributed by atoms with Gasteiger partial charge in [-0.1, -0.05) is 19.4 Å². The predicted molar refractivity (Wildman–Crippen MR) is 95.3 cm³/mol. The van der Waals surface area contributed by atoms with Gasteiger partial charge < -0.3 is 14.8 Å². The first-order chi connectivity index (χ1) is 12.2. The molecule has 0 amide bonds. The summed E-state index contributed by atoms with van der Waals surface area (Å²) in [5.41, 5.74) is 1.19. The number of hydrogen-bond acceptors (Lipinski definition) is 3. The normalized spacial score (nSPS) is 13.5. The highest BCUT2D eigenvalue weighted by atomic mass is 31.2. The van der Waals surface area contributed by atoms with E-state index < -0.39 is 19.2 Å². The van der Waals surface area contributed by atoms with E-state index >= 15 is 0 Å². The molecule has 0 saturated carbocycles. The highest BCUT2D eigenvalue weighted by Crippen LogP contribution is 2.37. The molecule has 0 bridgehead atoms. The van der Waals surface area contributed by atoms with E-state index in [9.17, 15) is 18.2 Å². The monoisotopic (exact) mass is 385 g/mol. The smallest absolute Gasteiger partial charge is 0.319 e. The third-order valence-corrected chi connectivity index (χ3v) is 5.30. The van der Waals surface area contributed by atoms with Crippen LogP contribution in [-0.2, 0) is 11.0 Å². The van der Waals surface area contributed by atoms with E-state index in [0.29, 0.717) is 23.1 Å². The Morgan fingerprint density at radius 3 is 2.31 bits per heavy atom. The van der Waals surface area contributed by atoms with Crippen LogP contribution in [0.25, 0.3) is 0 Å². The lowest BCUT2D eigenvalue weighted by Gasteiger charge is -2.17. The Kier molecular flexibility index (Phi) is 6.53. The largest absolute Gasteiger partial charge is 0.454 e. The Morgan fingerprint density at radius 2 is 1.77 bits per heavy atom. The average Bonchev–Trinajstić information content (AvgIpc) is 2.60. The molecule has 0 aromatic heterocycles. The fraction of sp³-hybridized carbons (Fsp3) is 0.333.